The highest BCUT2D eigenvalue weighted by molar-refractivity contribution is 9.10. The molecule has 5 heteroatoms. The summed E-state index contributed by atoms with van der Waals surface area (Å²) in [6, 6.07) is 9.23. The number of nitrogens with one attached hydrogen (secondary N) is 1. The molecule has 0 unspecified atom stereocenters. The summed E-state index contributed by atoms with van der Waals surface area (Å²) in [5, 5.41) is 3.01. The molecule has 0 aliphatic carbocycles. The zero-order chi connectivity index (χ0) is 14.5. The quantitative estimate of drug-likeness (QED) is 0.886. The summed E-state index contributed by atoms with van der Waals surface area (Å²) in [5.74, 6) is -0.192. The second kappa shape index (κ2) is 6.81. The molecule has 0 radical (unpaired) electrons. The zero-order valence-electron chi connectivity index (χ0n) is 10.9. The molecule has 2 rings (SSSR count). The Morgan fingerprint density at radius 1 is 1.10 bits per heavy atom. The van der Waals surface area contributed by atoms with Crippen LogP contribution >= 0.6 is 15.9 Å². The van der Waals surface area contributed by atoms with E-state index in [1.54, 1.807) is 12.1 Å². The molecule has 0 spiro atoms. The molecule has 0 fully saturated rings. The van der Waals surface area contributed by atoms with Gasteiger partial charge in [-0.3, -0.25) is 0 Å². The van der Waals surface area contributed by atoms with Gasteiger partial charge in [0.2, 0.25) is 0 Å². The molecule has 0 saturated heterocycles. The third-order valence-corrected chi connectivity index (χ3v) is 3.38. The predicted octanol–water partition coefficient (Wildman–Crippen LogP) is 4.03. The largest absolute Gasteiger partial charge is 0.489 e. The Labute approximate surface area is 124 Å². The van der Waals surface area contributed by atoms with Gasteiger partial charge in [-0.05, 0) is 58.9 Å². The Balaban J connectivity index is 2.09. The van der Waals surface area contributed by atoms with Gasteiger partial charge in [-0.1, -0.05) is 6.07 Å². The van der Waals surface area contributed by atoms with Crippen LogP contribution in [0, 0.1) is 11.6 Å². The van der Waals surface area contributed by atoms with Crippen molar-refractivity contribution in [3.05, 3.63) is 63.6 Å². The van der Waals surface area contributed by atoms with Crippen molar-refractivity contribution in [1.29, 1.82) is 0 Å². The van der Waals surface area contributed by atoms with Gasteiger partial charge in [-0.15, -0.1) is 0 Å². The fourth-order valence-electron chi connectivity index (χ4n) is 1.78. The minimum absolute atomic E-state index is 0.0987. The lowest BCUT2D eigenvalue weighted by Crippen LogP contribution is -2.07. The molecule has 0 amide bonds. The molecule has 2 nitrogen and oxygen atoms in total. The summed E-state index contributed by atoms with van der Waals surface area (Å²) >= 11 is 3.08. The molecule has 0 bridgehead atoms. The van der Waals surface area contributed by atoms with Crippen molar-refractivity contribution in [1.82, 2.24) is 5.32 Å². The van der Waals surface area contributed by atoms with Gasteiger partial charge in [0.05, 0.1) is 4.47 Å². The SMILES string of the molecule is CNCc1ccc(F)c(COc2ccc(F)c(Br)c2)c1. The van der Waals surface area contributed by atoms with Crippen molar-refractivity contribution >= 4 is 15.9 Å². The summed E-state index contributed by atoms with van der Waals surface area (Å²) in [6.45, 7) is 0.761. The molecule has 0 atom stereocenters. The number of halogens is 3. The van der Waals surface area contributed by atoms with Crippen molar-refractivity contribution in [2.24, 2.45) is 0 Å². The fourth-order valence-corrected chi connectivity index (χ4v) is 2.14. The van der Waals surface area contributed by atoms with Gasteiger partial charge in [-0.2, -0.15) is 0 Å². The summed E-state index contributed by atoms with van der Waals surface area (Å²) < 4.78 is 32.6. The van der Waals surface area contributed by atoms with E-state index in [0.29, 0.717) is 22.3 Å². The van der Waals surface area contributed by atoms with E-state index in [0.717, 1.165) is 5.56 Å². The van der Waals surface area contributed by atoms with Gasteiger partial charge in [0.25, 0.3) is 0 Å². The Morgan fingerprint density at radius 3 is 2.55 bits per heavy atom. The van der Waals surface area contributed by atoms with Crippen LogP contribution in [0.4, 0.5) is 8.78 Å². The van der Waals surface area contributed by atoms with Gasteiger partial charge in [-0.25, -0.2) is 8.78 Å². The highest BCUT2D eigenvalue weighted by atomic mass is 79.9. The standard InChI is InChI=1S/C15H14BrF2NO/c1-19-8-10-2-4-14(17)11(6-10)9-20-12-3-5-15(18)13(16)7-12/h2-7,19H,8-9H2,1H3. The lowest BCUT2D eigenvalue weighted by Gasteiger charge is -2.09. The highest BCUT2D eigenvalue weighted by Gasteiger charge is 2.06. The molecule has 106 valence electrons. The molecule has 2 aromatic carbocycles. The second-order valence-electron chi connectivity index (χ2n) is 4.32. The lowest BCUT2D eigenvalue weighted by atomic mass is 10.1. The van der Waals surface area contributed by atoms with Crippen LogP contribution in [0.5, 0.6) is 5.75 Å². The number of rotatable bonds is 5. The van der Waals surface area contributed by atoms with Crippen molar-refractivity contribution in [3.8, 4) is 5.75 Å². The van der Waals surface area contributed by atoms with Crippen LogP contribution in [-0.4, -0.2) is 7.05 Å². The Bertz CT molecular complexity index is 604. The topological polar surface area (TPSA) is 21.3 Å². The van der Waals surface area contributed by atoms with Crippen LogP contribution in [0.25, 0.3) is 0 Å². The molecular weight excluding hydrogens is 328 g/mol. The van der Waals surface area contributed by atoms with Gasteiger partial charge >= 0.3 is 0 Å². The molecule has 1 N–H and O–H groups in total. The predicted molar refractivity (Wildman–Crippen MR) is 77.6 cm³/mol. The van der Waals surface area contributed by atoms with Gasteiger partial charge in [0.15, 0.2) is 0 Å². The minimum Gasteiger partial charge on any atom is -0.489 e. The van der Waals surface area contributed by atoms with Gasteiger partial charge in [0.1, 0.15) is 24.0 Å². The molecule has 2 aromatic rings. The molecule has 0 heterocycles. The second-order valence-corrected chi connectivity index (χ2v) is 5.18. The summed E-state index contributed by atoms with van der Waals surface area (Å²) in [7, 11) is 1.83. The van der Waals surface area contributed by atoms with E-state index in [9.17, 15) is 8.78 Å². The molecular formula is C15H14BrF2NO. The highest BCUT2D eigenvalue weighted by Crippen LogP contribution is 2.23. The lowest BCUT2D eigenvalue weighted by molar-refractivity contribution is 0.299. The zero-order valence-corrected chi connectivity index (χ0v) is 12.5. The summed E-state index contributed by atoms with van der Waals surface area (Å²) in [6.07, 6.45) is 0. The third-order valence-electron chi connectivity index (χ3n) is 2.78. The van der Waals surface area contributed by atoms with E-state index >= 15 is 0 Å². The van der Waals surface area contributed by atoms with E-state index in [-0.39, 0.29) is 18.2 Å². The normalized spacial score (nSPS) is 10.6. The number of ether oxygens (including phenoxy) is 1. The first-order valence-corrected chi connectivity index (χ1v) is 6.89. The molecule has 0 saturated carbocycles. The van der Waals surface area contributed by atoms with Gasteiger partial charge < -0.3 is 10.1 Å². The van der Waals surface area contributed by atoms with Crippen molar-refractivity contribution in [3.63, 3.8) is 0 Å². The molecule has 20 heavy (non-hydrogen) atoms. The molecule has 0 aliphatic heterocycles. The maximum absolute atomic E-state index is 13.7. The first kappa shape index (κ1) is 14.9. The van der Waals surface area contributed by atoms with E-state index in [1.165, 1.54) is 24.3 Å². The average molecular weight is 342 g/mol. The van der Waals surface area contributed by atoms with Crippen molar-refractivity contribution in [2.75, 3.05) is 7.05 Å². The minimum atomic E-state index is -0.362. The first-order chi connectivity index (χ1) is 9.60. The fraction of sp³-hybridized carbons (Fsp3) is 0.200. The van der Waals surface area contributed by atoms with Crippen LogP contribution in [0.1, 0.15) is 11.1 Å². The Morgan fingerprint density at radius 2 is 1.85 bits per heavy atom. The maximum atomic E-state index is 13.7. The first-order valence-electron chi connectivity index (χ1n) is 6.10. The molecule has 0 aliphatic rings. The Hall–Kier alpha value is -1.46. The van der Waals surface area contributed by atoms with Gasteiger partial charge in [0, 0.05) is 12.1 Å². The van der Waals surface area contributed by atoms with E-state index in [2.05, 4.69) is 21.2 Å². The van der Waals surface area contributed by atoms with Crippen molar-refractivity contribution in [2.45, 2.75) is 13.2 Å². The van der Waals surface area contributed by atoms with E-state index in [4.69, 9.17) is 4.74 Å². The van der Waals surface area contributed by atoms with E-state index < -0.39 is 0 Å². The van der Waals surface area contributed by atoms with Crippen LogP contribution in [0.15, 0.2) is 40.9 Å². The van der Waals surface area contributed by atoms with Crippen molar-refractivity contribution < 1.29 is 13.5 Å². The Kier molecular flexibility index (Phi) is 5.09. The smallest absolute Gasteiger partial charge is 0.137 e. The number of hydrogen-bond acceptors (Lipinski definition) is 2. The van der Waals surface area contributed by atoms with E-state index in [1.807, 2.05) is 7.05 Å². The van der Waals surface area contributed by atoms with Crippen LogP contribution in [0.2, 0.25) is 0 Å². The maximum Gasteiger partial charge on any atom is 0.137 e. The summed E-state index contributed by atoms with van der Waals surface area (Å²) in [5.41, 5.74) is 1.45. The van der Waals surface area contributed by atoms with Crippen LogP contribution < -0.4 is 10.1 Å². The number of hydrogen-bond donors (Lipinski definition) is 1. The number of benzene rings is 2. The monoisotopic (exact) mass is 341 g/mol. The summed E-state index contributed by atoms with van der Waals surface area (Å²) in [4.78, 5) is 0. The van der Waals surface area contributed by atoms with Crippen LogP contribution in [-0.2, 0) is 13.2 Å². The average Bonchev–Trinajstić information content (AvgIpc) is 2.43. The van der Waals surface area contributed by atoms with Crippen LogP contribution in [0.3, 0.4) is 0 Å². The molecule has 0 aromatic heterocycles. The third kappa shape index (κ3) is 3.77.